The zero-order valence-electron chi connectivity index (χ0n) is 10.8. The first-order valence-electron chi connectivity index (χ1n) is 6.25. The summed E-state index contributed by atoms with van der Waals surface area (Å²) >= 11 is 0. The monoisotopic (exact) mass is 252 g/mol. The lowest BCUT2D eigenvalue weighted by Gasteiger charge is -2.28. The Kier molecular flexibility index (Phi) is 3.86. The predicted molar refractivity (Wildman–Crippen MR) is 68.1 cm³/mol. The maximum atomic E-state index is 12.1. The van der Waals surface area contributed by atoms with E-state index in [0.717, 1.165) is 26.1 Å². The lowest BCUT2D eigenvalue weighted by atomic mass is 9.93. The number of nitrogens with one attached hydrogen (secondary N) is 1. The fourth-order valence-electron chi connectivity index (χ4n) is 2.24. The smallest absolute Gasteiger partial charge is 0.256 e. The summed E-state index contributed by atoms with van der Waals surface area (Å²) < 4.78 is 6.81. The van der Waals surface area contributed by atoms with E-state index >= 15 is 0 Å². The summed E-state index contributed by atoms with van der Waals surface area (Å²) in [7, 11) is 1.72. The van der Waals surface area contributed by atoms with Crippen molar-refractivity contribution in [1.29, 1.82) is 0 Å². The number of nitrogens with zero attached hydrogens (tertiary/aromatic N) is 2. The number of carbonyl (C=O) groups is 1. The van der Waals surface area contributed by atoms with Gasteiger partial charge in [-0.2, -0.15) is 5.10 Å². The van der Waals surface area contributed by atoms with Gasteiger partial charge in [0.05, 0.1) is 6.20 Å². The molecule has 2 rings (SSSR count). The number of anilines is 1. The Balaban J connectivity index is 1.96. The second kappa shape index (κ2) is 5.39. The third-order valence-electron chi connectivity index (χ3n) is 3.56. The van der Waals surface area contributed by atoms with Gasteiger partial charge in [-0.05, 0) is 25.7 Å². The summed E-state index contributed by atoms with van der Waals surface area (Å²) in [6, 6.07) is 0.126. The fraction of sp³-hybridized carbons (Fsp3) is 0.667. The average molecular weight is 252 g/mol. The molecule has 1 aromatic rings. The molecule has 6 heteroatoms. The molecule has 2 heterocycles. The molecule has 100 valence electrons. The first-order valence-corrected chi connectivity index (χ1v) is 6.25. The van der Waals surface area contributed by atoms with Gasteiger partial charge in [0.25, 0.3) is 5.91 Å². The number of nitrogen functional groups attached to an aromatic ring is 1. The maximum Gasteiger partial charge on any atom is 0.256 e. The van der Waals surface area contributed by atoms with E-state index in [1.165, 1.54) is 10.9 Å². The molecule has 1 atom stereocenters. The molecule has 3 N–H and O–H groups in total. The Hall–Kier alpha value is -1.56. The second-order valence-electron chi connectivity index (χ2n) is 4.78. The summed E-state index contributed by atoms with van der Waals surface area (Å²) in [4.78, 5) is 12.1. The molecule has 1 aliphatic heterocycles. The summed E-state index contributed by atoms with van der Waals surface area (Å²) in [6.45, 7) is 3.58. The largest absolute Gasteiger partial charge is 0.383 e. The van der Waals surface area contributed by atoms with Gasteiger partial charge in [0, 0.05) is 26.3 Å². The molecule has 0 bridgehead atoms. The van der Waals surface area contributed by atoms with Crippen LogP contribution in [0.2, 0.25) is 0 Å². The van der Waals surface area contributed by atoms with Gasteiger partial charge >= 0.3 is 0 Å². The van der Waals surface area contributed by atoms with Crippen LogP contribution in [0.1, 0.15) is 30.1 Å². The SMILES string of the molecule is CC(NC(=O)c1cnn(C)c1N)C1CCOCC1. The van der Waals surface area contributed by atoms with Crippen LogP contribution >= 0.6 is 0 Å². The number of aromatic nitrogens is 2. The highest BCUT2D eigenvalue weighted by atomic mass is 16.5. The van der Waals surface area contributed by atoms with Crippen molar-refractivity contribution >= 4 is 11.7 Å². The van der Waals surface area contributed by atoms with Crippen molar-refractivity contribution in [1.82, 2.24) is 15.1 Å². The van der Waals surface area contributed by atoms with Gasteiger partial charge in [0.2, 0.25) is 0 Å². The van der Waals surface area contributed by atoms with Crippen molar-refractivity contribution in [3.8, 4) is 0 Å². The molecule has 1 aromatic heterocycles. The van der Waals surface area contributed by atoms with Crippen LogP contribution in [0.5, 0.6) is 0 Å². The third-order valence-corrected chi connectivity index (χ3v) is 3.56. The van der Waals surface area contributed by atoms with Gasteiger partial charge in [-0.3, -0.25) is 9.48 Å². The minimum atomic E-state index is -0.153. The molecule has 0 aliphatic carbocycles. The van der Waals surface area contributed by atoms with Crippen LogP contribution in [0, 0.1) is 5.92 Å². The first kappa shape index (κ1) is 12.9. The van der Waals surface area contributed by atoms with Crippen LogP contribution in [-0.4, -0.2) is 34.9 Å². The summed E-state index contributed by atoms with van der Waals surface area (Å²) in [5, 5.41) is 6.96. The van der Waals surface area contributed by atoms with Crippen LogP contribution < -0.4 is 11.1 Å². The molecule has 1 saturated heterocycles. The molecule has 0 saturated carbocycles. The lowest BCUT2D eigenvalue weighted by molar-refractivity contribution is 0.0538. The average Bonchev–Trinajstić information content (AvgIpc) is 2.71. The van der Waals surface area contributed by atoms with E-state index in [2.05, 4.69) is 10.4 Å². The highest BCUT2D eigenvalue weighted by Crippen LogP contribution is 2.19. The second-order valence-corrected chi connectivity index (χ2v) is 4.78. The van der Waals surface area contributed by atoms with Crippen molar-refractivity contribution in [2.45, 2.75) is 25.8 Å². The first-order chi connectivity index (χ1) is 8.59. The number of ether oxygens (including phenoxy) is 1. The molecule has 1 amide bonds. The number of nitrogens with two attached hydrogens (primary N) is 1. The number of hydrogen-bond donors (Lipinski definition) is 2. The molecular weight excluding hydrogens is 232 g/mol. The molecular formula is C12H20N4O2. The van der Waals surface area contributed by atoms with Crippen molar-refractivity contribution < 1.29 is 9.53 Å². The highest BCUT2D eigenvalue weighted by molar-refractivity contribution is 5.98. The Labute approximate surface area is 106 Å². The molecule has 0 spiro atoms. The van der Waals surface area contributed by atoms with E-state index in [4.69, 9.17) is 10.5 Å². The van der Waals surface area contributed by atoms with Gasteiger partial charge in [-0.15, -0.1) is 0 Å². The molecule has 18 heavy (non-hydrogen) atoms. The summed E-state index contributed by atoms with van der Waals surface area (Å²) in [5.41, 5.74) is 6.22. The minimum Gasteiger partial charge on any atom is -0.383 e. The van der Waals surface area contributed by atoms with Crippen molar-refractivity contribution in [3.63, 3.8) is 0 Å². The van der Waals surface area contributed by atoms with Crippen molar-refractivity contribution in [2.75, 3.05) is 18.9 Å². The van der Waals surface area contributed by atoms with Crippen molar-refractivity contribution in [2.24, 2.45) is 13.0 Å². The number of carbonyl (C=O) groups excluding carboxylic acids is 1. The quantitative estimate of drug-likeness (QED) is 0.823. The topological polar surface area (TPSA) is 82.2 Å². The Bertz CT molecular complexity index is 424. The number of amides is 1. The maximum absolute atomic E-state index is 12.1. The Morgan fingerprint density at radius 2 is 2.28 bits per heavy atom. The fourth-order valence-corrected chi connectivity index (χ4v) is 2.24. The predicted octanol–water partition coefficient (Wildman–Crippen LogP) is 0.547. The van der Waals surface area contributed by atoms with Crippen LogP contribution in [0.3, 0.4) is 0 Å². The van der Waals surface area contributed by atoms with E-state index in [1.54, 1.807) is 7.05 Å². The van der Waals surface area contributed by atoms with Gasteiger partial charge in [0.15, 0.2) is 0 Å². The number of rotatable bonds is 3. The lowest BCUT2D eigenvalue weighted by Crippen LogP contribution is -2.40. The minimum absolute atomic E-state index is 0.126. The van der Waals surface area contributed by atoms with Gasteiger partial charge in [0.1, 0.15) is 11.4 Å². The Morgan fingerprint density at radius 3 is 2.83 bits per heavy atom. The molecule has 0 radical (unpaired) electrons. The Morgan fingerprint density at radius 1 is 1.61 bits per heavy atom. The number of hydrogen-bond acceptors (Lipinski definition) is 4. The van der Waals surface area contributed by atoms with E-state index in [9.17, 15) is 4.79 Å². The van der Waals surface area contributed by atoms with E-state index < -0.39 is 0 Å². The molecule has 1 unspecified atom stereocenters. The zero-order chi connectivity index (χ0) is 13.1. The summed E-state index contributed by atoms with van der Waals surface area (Å²) in [6.07, 6.45) is 3.48. The van der Waals surface area contributed by atoms with Crippen LogP contribution in [0.4, 0.5) is 5.82 Å². The normalized spacial score (nSPS) is 18.6. The highest BCUT2D eigenvalue weighted by Gasteiger charge is 2.23. The van der Waals surface area contributed by atoms with Crippen LogP contribution in [0.25, 0.3) is 0 Å². The zero-order valence-corrected chi connectivity index (χ0v) is 10.8. The molecule has 6 nitrogen and oxygen atoms in total. The van der Waals surface area contributed by atoms with E-state index in [0.29, 0.717) is 17.3 Å². The van der Waals surface area contributed by atoms with E-state index in [-0.39, 0.29) is 11.9 Å². The van der Waals surface area contributed by atoms with Gasteiger partial charge < -0.3 is 15.8 Å². The van der Waals surface area contributed by atoms with Gasteiger partial charge in [-0.25, -0.2) is 0 Å². The van der Waals surface area contributed by atoms with Gasteiger partial charge in [-0.1, -0.05) is 0 Å². The van der Waals surface area contributed by atoms with Crippen LogP contribution in [0.15, 0.2) is 6.20 Å². The van der Waals surface area contributed by atoms with E-state index in [1.807, 2.05) is 6.92 Å². The summed E-state index contributed by atoms with van der Waals surface area (Å²) in [5.74, 6) is 0.715. The third kappa shape index (κ3) is 2.64. The molecule has 1 fully saturated rings. The number of aryl methyl sites for hydroxylation is 1. The molecule has 1 aliphatic rings. The van der Waals surface area contributed by atoms with Crippen molar-refractivity contribution in [3.05, 3.63) is 11.8 Å². The van der Waals surface area contributed by atoms with Crippen LogP contribution in [-0.2, 0) is 11.8 Å². The molecule has 0 aromatic carbocycles. The standard InChI is InChI=1S/C12H20N4O2/c1-8(9-3-5-18-6-4-9)15-12(17)10-7-14-16(2)11(10)13/h7-9H,3-6,13H2,1-2H3,(H,15,17).